The summed E-state index contributed by atoms with van der Waals surface area (Å²) in [5.74, 6) is 0. The van der Waals surface area contributed by atoms with Crippen molar-refractivity contribution in [1.29, 1.82) is 0 Å². The van der Waals surface area contributed by atoms with Crippen molar-refractivity contribution >= 4 is 10.9 Å². The number of aliphatic hydroxyl groups is 1. The lowest BCUT2D eigenvalue weighted by Crippen LogP contribution is -2.26. The summed E-state index contributed by atoms with van der Waals surface area (Å²) in [6.07, 6.45) is 7.56. The van der Waals surface area contributed by atoms with Gasteiger partial charge >= 0.3 is 0 Å². The van der Waals surface area contributed by atoms with E-state index in [0.29, 0.717) is 0 Å². The molecule has 1 atom stereocenters. The van der Waals surface area contributed by atoms with E-state index in [4.69, 9.17) is 0 Å². The Morgan fingerprint density at radius 1 is 1.20 bits per heavy atom. The van der Waals surface area contributed by atoms with Crippen LogP contribution in [0.4, 0.5) is 0 Å². The Hall–Kier alpha value is -1.39. The molecule has 0 bridgehead atoms. The molecule has 4 heteroatoms. The fraction of sp³-hybridized carbons (Fsp3) is 0.562. The molecule has 0 spiro atoms. The number of likely N-dealkylation sites (tertiary alicyclic amines) is 1. The quantitative estimate of drug-likeness (QED) is 0.900. The second-order valence-corrected chi connectivity index (χ2v) is 5.78. The summed E-state index contributed by atoms with van der Waals surface area (Å²) >= 11 is 0. The first-order valence-electron chi connectivity index (χ1n) is 7.66. The van der Waals surface area contributed by atoms with E-state index in [2.05, 4.69) is 15.1 Å². The van der Waals surface area contributed by atoms with Crippen LogP contribution in [0.5, 0.6) is 0 Å². The minimum atomic E-state index is -0.377. The molecule has 2 heterocycles. The number of hydrogen-bond donors (Lipinski definition) is 2. The lowest BCUT2D eigenvalue weighted by Gasteiger charge is -2.21. The van der Waals surface area contributed by atoms with Gasteiger partial charge in [-0.05, 0) is 50.0 Å². The lowest BCUT2D eigenvalue weighted by molar-refractivity contribution is 0.143. The van der Waals surface area contributed by atoms with Crippen LogP contribution in [-0.2, 0) is 0 Å². The van der Waals surface area contributed by atoms with Gasteiger partial charge in [-0.15, -0.1) is 0 Å². The summed E-state index contributed by atoms with van der Waals surface area (Å²) in [6, 6.07) is 6.02. The van der Waals surface area contributed by atoms with Gasteiger partial charge in [-0.1, -0.05) is 18.9 Å². The van der Waals surface area contributed by atoms with Gasteiger partial charge in [0.05, 0.1) is 17.8 Å². The molecule has 1 aliphatic heterocycles. The lowest BCUT2D eigenvalue weighted by atomic mass is 10.0. The molecule has 1 aromatic heterocycles. The van der Waals surface area contributed by atoms with Crippen molar-refractivity contribution < 1.29 is 5.11 Å². The van der Waals surface area contributed by atoms with E-state index in [1.54, 1.807) is 6.20 Å². The molecule has 20 heavy (non-hydrogen) atoms. The van der Waals surface area contributed by atoms with Crippen molar-refractivity contribution in [2.75, 3.05) is 19.6 Å². The van der Waals surface area contributed by atoms with Gasteiger partial charge in [-0.25, -0.2) is 0 Å². The Kier molecular flexibility index (Phi) is 4.33. The number of hydrogen-bond acceptors (Lipinski definition) is 3. The van der Waals surface area contributed by atoms with Crippen molar-refractivity contribution in [1.82, 2.24) is 15.1 Å². The molecule has 0 aliphatic carbocycles. The third-order valence-corrected chi connectivity index (χ3v) is 4.27. The first kappa shape index (κ1) is 13.6. The number of aliphatic hydroxyl groups excluding tert-OH is 1. The van der Waals surface area contributed by atoms with Crippen molar-refractivity contribution in [2.24, 2.45) is 0 Å². The van der Waals surface area contributed by atoms with E-state index in [1.807, 2.05) is 18.2 Å². The van der Waals surface area contributed by atoms with Gasteiger partial charge in [0, 0.05) is 11.9 Å². The molecular weight excluding hydrogens is 250 g/mol. The zero-order chi connectivity index (χ0) is 13.8. The number of H-pyrrole nitrogens is 1. The van der Waals surface area contributed by atoms with E-state index in [-0.39, 0.29) is 6.10 Å². The van der Waals surface area contributed by atoms with E-state index >= 15 is 0 Å². The van der Waals surface area contributed by atoms with Gasteiger partial charge in [0.25, 0.3) is 0 Å². The van der Waals surface area contributed by atoms with Gasteiger partial charge in [0.2, 0.25) is 0 Å². The maximum absolute atomic E-state index is 10.4. The monoisotopic (exact) mass is 273 g/mol. The van der Waals surface area contributed by atoms with Gasteiger partial charge in [-0.3, -0.25) is 5.10 Å². The molecule has 2 N–H and O–H groups in total. The third-order valence-electron chi connectivity index (χ3n) is 4.27. The molecular formula is C16H23N3O. The minimum Gasteiger partial charge on any atom is -0.388 e. The van der Waals surface area contributed by atoms with Crippen LogP contribution < -0.4 is 0 Å². The van der Waals surface area contributed by atoms with E-state index in [1.165, 1.54) is 38.8 Å². The third kappa shape index (κ3) is 3.19. The molecule has 4 nitrogen and oxygen atoms in total. The van der Waals surface area contributed by atoms with Gasteiger partial charge in [-0.2, -0.15) is 5.10 Å². The molecule has 0 saturated carbocycles. The first-order valence-corrected chi connectivity index (χ1v) is 7.66. The maximum atomic E-state index is 10.4. The Morgan fingerprint density at radius 2 is 2.00 bits per heavy atom. The van der Waals surface area contributed by atoms with E-state index < -0.39 is 0 Å². The molecule has 108 valence electrons. The average molecular weight is 273 g/mol. The topological polar surface area (TPSA) is 52.1 Å². The van der Waals surface area contributed by atoms with E-state index in [9.17, 15) is 5.11 Å². The second-order valence-electron chi connectivity index (χ2n) is 5.78. The standard InChI is InChI=1S/C16H23N3O/c20-16(7-10-19-8-3-1-2-4-9-19)13-5-6-15-14(11-13)12-17-18-15/h5-6,11-12,16,20H,1-4,7-10H2,(H,17,18). The first-order chi connectivity index (χ1) is 9.83. The highest BCUT2D eigenvalue weighted by Crippen LogP contribution is 2.22. The summed E-state index contributed by atoms with van der Waals surface area (Å²) in [4.78, 5) is 2.49. The van der Waals surface area contributed by atoms with Crippen molar-refractivity contribution in [3.63, 3.8) is 0 Å². The second kappa shape index (κ2) is 6.37. The fourth-order valence-electron chi connectivity index (χ4n) is 3.00. The zero-order valence-electron chi connectivity index (χ0n) is 11.9. The summed E-state index contributed by atoms with van der Waals surface area (Å²) in [5, 5.41) is 18.4. The normalized spacial score (nSPS) is 19.1. The van der Waals surface area contributed by atoms with Crippen LogP contribution in [0, 0.1) is 0 Å². The highest BCUT2D eigenvalue weighted by molar-refractivity contribution is 5.78. The highest BCUT2D eigenvalue weighted by atomic mass is 16.3. The van der Waals surface area contributed by atoms with Crippen LogP contribution in [0.15, 0.2) is 24.4 Å². The Labute approximate surface area is 119 Å². The van der Waals surface area contributed by atoms with Gasteiger partial charge in [0.15, 0.2) is 0 Å². The molecule has 1 aliphatic rings. The summed E-state index contributed by atoms with van der Waals surface area (Å²) in [7, 11) is 0. The molecule has 3 rings (SSSR count). The van der Waals surface area contributed by atoms with Crippen molar-refractivity contribution in [2.45, 2.75) is 38.2 Å². The summed E-state index contributed by atoms with van der Waals surface area (Å²) < 4.78 is 0. The predicted molar refractivity (Wildman–Crippen MR) is 80.6 cm³/mol. The molecule has 1 aromatic carbocycles. The fourth-order valence-corrected chi connectivity index (χ4v) is 3.00. The Morgan fingerprint density at radius 3 is 2.80 bits per heavy atom. The highest BCUT2D eigenvalue weighted by Gasteiger charge is 2.13. The smallest absolute Gasteiger partial charge is 0.0802 e. The van der Waals surface area contributed by atoms with Crippen LogP contribution in [0.2, 0.25) is 0 Å². The molecule has 1 saturated heterocycles. The molecule has 0 amide bonds. The zero-order valence-corrected chi connectivity index (χ0v) is 11.9. The number of benzene rings is 1. The average Bonchev–Trinajstić information content (AvgIpc) is 2.78. The molecule has 0 radical (unpaired) electrons. The number of fused-ring (bicyclic) bond motifs is 1. The molecule has 2 aromatic rings. The molecule has 1 fully saturated rings. The Balaban J connectivity index is 1.58. The van der Waals surface area contributed by atoms with Crippen LogP contribution >= 0.6 is 0 Å². The molecule has 1 unspecified atom stereocenters. The van der Waals surface area contributed by atoms with Crippen LogP contribution in [0.1, 0.15) is 43.8 Å². The number of nitrogens with zero attached hydrogens (tertiary/aromatic N) is 2. The number of aromatic nitrogens is 2. The van der Waals surface area contributed by atoms with Crippen molar-refractivity contribution in [3.05, 3.63) is 30.0 Å². The van der Waals surface area contributed by atoms with Crippen LogP contribution in [0.3, 0.4) is 0 Å². The SMILES string of the molecule is OC(CCN1CCCCCC1)c1ccc2[nH]ncc2c1. The Bertz CT molecular complexity index is 543. The number of rotatable bonds is 4. The summed E-state index contributed by atoms with van der Waals surface area (Å²) in [6.45, 7) is 3.37. The minimum absolute atomic E-state index is 0.377. The maximum Gasteiger partial charge on any atom is 0.0802 e. The number of aromatic amines is 1. The largest absolute Gasteiger partial charge is 0.388 e. The van der Waals surface area contributed by atoms with Gasteiger partial charge in [0.1, 0.15) is 0 Å². The van der Waals surface area contributed by atoms with Gasteiger partial charge < -0.3 is 10.0 Å². The van der Waals surface area contributed by atoms with Crippen LogP contribution in [-0.4, -0.2) is 39.8 Å². The van der Waals surface area contributed by atoms with Crippen molar-refractivity contribution in [3.8, 4) is 0 Å². The summed E-state index contributed by atoms with van der Waals surface area (Å²) in [5.41, 5.74) is 2.02. The van der Waals surface area contributed by atoms with Crippen LogP contribution in [0.25, 0.3) is 10.9 Å². The predicted octanol–water partition coefficient (Wildman–Crippen LogP) is 2.86. The van der Waals surface area contributed by atoms with E-state index in [0.717, 1.165) is 29.4 Å². The number of nitrogens with one attached hydrogen (secondary N) is 1.